The molecule has 0 atom stereocenters. The van der Waals surface area contributed by atoms with Crippen LogP contribution in [0, 0.1) is 34.3 Å². The Bertz CT molecular complexity index is 3030. The van der Waals surface area contributed by atoms with Gasteiger partial charge >= 0.3 is 18.4 Å². The molecule has 4 aromatic heterocycles. The number of halogens is 6. The van der Waals surface area contributed by atoms with Crippen molar-refractivity contribution in [3.05, 3.63) is 137 Å². The second-order valence-corrected chi connectivity index (χ2v) is 16.9. The molecule has 340 valence electrons. The highest BCUT2D eigenvalue weighted by atomic mass is 35.5. The minimum atomic E-state index is -4.41. The quantitative estimate of drug-likeness (QED) is 0.110. The first-order valence-corrected chi connectivity index (χ1v) is 20.3. The van der Waals surface area contributed by atoms with Crippen LogP contribution in [0.25, 0.3) is 21.8 Å². The van der Waals surface area contributed by atoms with E-state index in [0.717, 1.165) is 33.7 Å². The van der Waals surface area contributed by atoms with Gasteiger partial charge in [-0.2, -0.15) is 23.7 Å². The predicted octanol–water partition coefficient (Wildman–Crippen LogP) is 12.4. The van der Waals surface area contributed by atoms with E-state index in [1.54, 1.807) is 84.0 Å². The summed E-state index contributed by atoms with van der Waals surface area (Å²) in [5.41, 5.74) is 1.37. The van der Waals surface area contributed by atoms with Crippen LogP contribution < -0.4 is 15.4 Å². The summed E-state index contributed by atoms with van der Waals surface area (Å²) in [7, 11) is 0. The fourth-order valence-corrected chi connectivity index (χ4v) is 6.46. The van der Waals surface area contributed by atoms with Crippen molar-refractivity contribution >= 4 is 68.3 Å². The average Bonchev–Trinajstić information content (AvgIpc) is 3.74. The van der Waals surface area contributed by atoms with E-state index >= 15 is 0 Å². The van der Waals surface area contributed by atoms with Crippen LogP contribution in [0.5, 0.6) is 5.88 Å². The molecule has 0 saturated heterocycles. The molecule has 3 aromatic carbocycles. The molecule has 4 heterocycles. The molecule has 0 saturated carbocycles. The first kappa shape index (κ1) is 47.8. The maximum atomic E-state index is 14.5. The fourth-order valence-electron chi connectivity index (χ4n) is 6.25. The van der Waals surface area contributed by atoms with Crippen molar-refractivity contribution in [1.82, 2.24) is 19.1 Å². The predicted molar refractivity (Wildman–Crippen MR) is 237 cm³/mol. The lowest BCUT2D eigenvalue weighted by Crippen LogP contribution is -2.26. The average molecular weight is 927 g/mol. The molecule has 19 heteroatoms. The molecule has 7 aromatic rings. The number of aromatic nitrogens is 4. The van der Waals surface area contributed by atoms with Crippen LogP contribution in [-0.2, 0) is 22.1 Å². The molecule has 0 amide bonds. The number of pyridine rings is 2. The van der Waals surface area contributed by atoms with Gasteiger partial charge in [0.25, 0.3) is 0 Å². The van der Waals surface area contributed by atoms with E-state index in [4.69, 9.17) is 31.1 Å². The number of nitriles is 2. The zero-order chi connectivity index (χ0) is 48.1. The number of carbonyl (C=O) groups excluding carboxylic acids is 2. The van der Waals surface area contributed by atoms with Crippen molar-refractivity contribution in [2.45, 2.75) is 65.3 Å². The van der Waals surface area contributed by atoms with Gasteiger partial charge in [-0.25, -0.2) is 37.5 Å². The third-order valence-corrected chi connectivity index (χ3v) is 9.21. The summed E-state index contributed by atoms with van der Waals surface area (Å²) < 4.78 is 85.5. The van der Waals surface area contributed by atoms with Crippen LogP contribution in [0.2, 0.25) is 5.15 Å². The first-order chi connectivity index (χ1) is 31.0. The third kappa shape index (κ3) is 12.3. The van der Waals surface area contributed by atoms with Gasteiger partial charge < -0.3 is 24.8 Å². The van der Waals surface area contributed by atoms with Crippen molar-refractivity contribution < 1.29 is 45.8 Å². The normalized spacial score (nSPS) is 11.5. The number of hydrogen-bond donors (Lipinski definition) is 2. The zero-order valence-corrected chi connectivity index (χ0v) is 36.9. The van der Waals surface area contributed by atoms with Gasteiger partial charge in [0, 0.05) is 46.0 Å². The van der Waals surface area contributed by atoms with Gasteiger partial charge in [-0.1, -0.05) is 23.7 Å². The van der Waals surface area contributed by atoms with E-state index in [1.807, 2.05) is 12.1 Å². The van der Waals surface area contributed by atoms with Crippen LogP contribution in [0.1, 0.15) is 64.1 Å². The van der Waals surface area contributed by atoms with Crippen LogP contribution >= 0.6 is 11.6 Å². The standard InChI is InChI=1S/C28H24F4N4O3.C19H16ClFN4O2/c1-27(2,3)39-26(37)36-16-23(29)22-9-8-19(13-24(22)36)34-20-12-21(15-33)35-25(14-20)38-11-10-17-4-6-18(7-5-17)28(30,31)32;1-19(2,3)27-18(26)25-10-15(21)14-5-4-11(7-16(14)25)23-12-6-13(9-22)24-17(20)8-12/h4-9,12-14,16H,10-11H2,1-3H3,(H,34,35);4-8,10H,1-3H3,(H,23,24). The number of alkyl halides is 3. The molecular formula is C47H40ClF5N8O5. The molecule has 0 radical (unpaired) electrons. The molecule has 7 rings (SSSR count). The number of benzene rings is 3. The lowest BCUT2D eigenvalue weighted by Gasteiger charge is -2.19. The van der Waals surface area contributed by atoms with Crippen molar-refractivity contribution in [1.29, 1.82) is 10.5 Å². The summed E-state index contributed by atoms with van der Waals surface area (Å²) in [6.07, 6.45) is -3.33. The number of ether oxygens (including phenoxy) is 3. The molecule has 0 aliphatic rings. The van der Waals surface area contributed by atoms with Gasteiger partial charge in [0.15, 0.2) is 0 Å². The zero-order valence-electron chi connectivity index (χ0n) is 36.1. The largest absolute Gasteiger partial charge is 0.477 e. The number of anilines is 4. The highest BCUT2D eigenvalue weighted by Crippen LogP contribution is 2.31. The van der Waals surface area contributed by atoms with E-state index in [1.165, 1.54) is 30.3 Å². The smallest absolute Gasteiger partial charge is 0.419 e. The Morgan fingerprint density at radius 3 is 1.59 bits per heavy atom. The summed E-state index contributed by atoms with van der Waals surface area (Å²) >= 11 is 5.90. The molecule has 0 bridgehead atoms. The molecule has 0 aliphatic carbocycles. The molecule has 66 heavy (non-hydrogen) atoms. The topological polar surface area (TPSA) is 169 Å². The van der Waals surface area contributed by atoms with Crippen molar-refractivity contribution in [3.8, 4) is 18.0 Å². The molecule has 0 spiro atoms. The monoisotopic (exact) mass is 926 g/mol. The van der Waals surface area contributed by atoms with E-state index in [0.29, 0.717) is 40.3 Å². The van der Waals surface area contributed by atoms with Crippen molar-refractivity contribution in [2.75, 3.05) is 17.2 Å². The molecule has 13 nitrogen and oxygen atoms in total. The molecular weight excluding hydrogens is 887 g/mol. The van der Waals surface area contributed by atoms with Crippen LogP contribution in [-0.4, -0.2) is 49.1 Å². The van der Waals surface area contributed by atoms with Crippen LogP contribution in [0.15, 0.2) is 97.3 Å². The second kappa shape index (κ2) is 19.2. The molecule has 0 aliphatic heterocycles. The number of nitrogens with one attached hydrogen (secondary N) is 2. The Morgan fingerprint density at radius 2 is 1.14 bits per heavy atom. The van der Waals surface area contributed by atoms with Gasteiger partial charge in [-0.3, -0.25) is 0 Å². The summed E-state index contributed by atoms with van der Waals surface area (Å²) in [4.78, 5) is 32.9. The summed E-state index contributed by atoms with van der Waals surface area (Å²) in [6.45, 7) is 10.4. The van der Waals surface area contributed by atoms with Gasteiger partial charge in [0.2, 0.25) is 5.88 Å². The summed E-state index contributed by atoms with van der Waals surface area (Å²) in [6, 6.07) is 24.3. The summed E-state index contributed by atoms with van der Waals surface area (Å²) in [5.74, 6) is -0.976. The van der Waals surface area contributed by atoms with E-state index in [2.05, 4.69) is 20.6 Å². The van der Waals surface area contributed by atoms with Crippen LogP contribution in [0.3, 0.4) is 0 Å². The Labute approximate surface area is 379 Å². The number of hydrogen-bond acceptors (Lipinski definition) is 11. The Hall–Kier alpha value is -7.70. The Kier molecular flexibility index (Phi) is 13.9. The van der Waals surface area contributed by atoms with Crippen LogP contribution in [0.4, 0.5) is 54.3 Å². The van der Waals surface area contributed by atoms with E-state index in [9.17, 15) is 36.8 Å². The molecule has 0 unspecified atom stereocenters. The number of nitrogens with zero attached hydrogens (tertiary/aromatic N) is 6. The minimum Gasteiger partial charge on any atom is -0.477 e. The SMILES string of the molecule is CC(C)(C)OC(=O)n1cc(F)c2ccc(Nc3cc(C#N)nc(OCCc4ccc(C(F)(F)F)cc4)c3)cc21.CC(C)(C)OC(=O)n1cc(F)c2ccc(Nc3cc(Cl)nc(C#N)c3)cc21. The maximum Gasteiger partial charge on any atom is 0.419 e. The van der Waals surface area contributed by atoms with E-state index < -0.39 is 46.8 Å². The minimum absolute atomic E-state index is 0.0637. The Morgan fingerprint density at radius 1 is 0.667 bits per heavy atom. The second-order valence-electron chi connectivity index (χ2n) is 16.5. The number of fused-ring (bicyclic) bond motifs is 2. The van der Waals surface area contributed by atoms with E-state index in [-0.39, 0.29) is 45.3 Å². The highest BCUT2D eigenvalue weighted by molar-refractivity contribution is 6.29. The van der Waals surface area contributed by atoms with Gasteiger partial charge in [-0.15, -0.1) is 0 Å². The van der Waals surface area contributed by atoms with Gasteiger partial charge in [0.1, 0.15) is 51.5 Å². The lowest BCUT2D eigenvalue weighted by atomic mass is 10.1. The maximum absolute atomic E-state index is 14.5. The van der Waals surface area contributed by atoms with Gasteiger partial charge in [0.05, 0.1) is 35.6 Å². The highest BCUT2D eigenvalue weighted by Gasteiger charge is 2.30. The van der Waals surface area contributed by atoms with Gasteiger partial charge in [-0.05, 0) is 114 Å². The number of rotatable bonds is 8. The third-order valence-electron chi connectivity index (χ3n) is 9.02. The first-order valence-electron chi connectivity index (χ1n) is 19.9. The van der Waals surface area contributed by atoms with Crippen molar-refractivity contribution in [2.24, 2.45) is 0 Å². The molecule has 0 fully saturated rings. The Balaban J connectivity index is 0.000000233. The lowest BCUT2D eigenvalue weighted by molar-refractivity contribution is -0.137. The van der Waals surface area contributed by atoms with Crippen molar-refractivity contribution in [3.63, 3.8) is 0 Å². The number of carbonyl (C=O) groups is 2. The summed E-state index contributed by atoms with van der Waals surface area (Å²) in [5, 5.41) is 25.2. The molecule has 2 N–H and O–H groups in total. The fraction of sp³-hybridized carbons (Fsp3) is 0.234.